The SMILES string of the molecule is CC(=O)c1ccc2n1-c1ccccc1OC21CCN(C(=O)O)CC1. The quantitative estimate of drug-likeness (QED) is 0.818. The number of ether oxygens (including phenoxy) is 1. The Kier molecular flexibility index (Phi) is 3.16. The first kappa shape index (κ1) is 14.8. The molecule has 6 nitrogen and oxygen atoms in total. The molecule has 0 radical (unpaired) electrons. The Hall–Kier alpha value is -2.76. The standard InChI is InChI=1S/C18H18N2O4/c1-12(21)13-6-7-16-18(8-10-19(11-9-18)17(22)23)24-15-5-3-2-4-14(15)20(13)16/h2-7H,8-11H2,1H3,(H,22,23). The van der Waals surface area contributed by atoms with Gasteiger partial charge in [0.2, 0.25) is 0 Å². The van der Waals surface area contributed by atoms with Crippen LogP contribution in [-0.2, 0) is 5.60 Å². The summed E-state index contributed by atoms with van der Waals surface area (Å²) < 4.78 is 8.33. The molecule has 1 aromatic heterocycles. The molecule has 124 valence electrons. The molecule has 4 rings (SSSR count). The fourth-order valence-electron chi connectivity index (χ4n) is 3.74. The largest absolute Gasteiger partial charge is 0.479 e. The molecule has 0 atom stereocenters. The molecular weight excluding hydrogens is 308 g/mol. The van der Waals surface area contributed by atoms with Crippen LogP contribution in [0.1, 0.15) is 35.9 Å². The maximum absolute atomic E-state index is 12.1. The summed E-state index contributed by atoms with van der Waals surface area (Å²) in [7, 11) is 0. The predicted molar refractivity (Wildman–Crippen MR) is 86.9 cm³/mol. The highest BCUT2D eigenvalue weighted by molar-refractivity contribution is 5.93. The Morgan fingerprint density at radius 3 is 2.50 bits per heavy atom. The first-order chi connectivity index (χ1) is 11.5. The van der Waals surface area contributed by atoms with Crippen molar-refractivity contribution in [2.45, 2.75) is 25.4 Å². The number of nitrogens with zero attached hydrogens (tertiary/aromatic N) is 2. The Balaban J connectivity index is 1.84. The number of benzene rings is 1. The van der Waals surface area contributed by atoms with Gasteiger partial charge in [-0.1, -0.05) is 12.1 Å². The second-order valence-corrected chi connectivity index (χ2v) is 6.33. The molecule has 1 spiro atoms. The number of carbonyl (C=O) groups is 2. The number of Topliss-reactive ketones (excluding diaryl/α,β-unsaturated/α-hetero) is 1. The molecule has 0 saturated carbocycles. The van der Waals surface area contributed by atoms with Crippen molar-refractivity contribution in [3.05, 3.63) is 47.8 Å². The molecule has 0 bridgehead atoms. The summed E-state index contributed by atoms with van der Waals surface area (Å²) in [4.78, 5) is 24.7. The number of hydrogen-bond acceptors (Lipinski definition) is 3. The number of fused-ring (bicyclic) bond motifs is 4. The number of aromatic nitrogens is 1. The molecule has 0 aliphatic carbocycles. The van der Waals surface area contributed by atoms with Crippen molar-refractivity contribution in [1.82, 2.24) is 9.47 Å². The lowest BCUT2D eigenvalue weighted by Crippen LogP contribution is -2.49. The number of carbonyl (C=O) groups excluding carboxylic acids is 1. The van der Waals surface area contributed by atoms with Crippen LogP contribution in [0.25, 0.3) is 5.69 Å². The highest BCUT2D eigenvalue weighted by Gasteiger charge is 2.45. The highest BCUT2D eigenvalue weighted by Crippen LogP contribution is 2.45. The summed E-state index contributed by atoms with van der Waals surface area (Å²) in [5.41, 5.74) is 1.82. The lowest BCUT2D eigenvalue weighted by atomic mass is 9.86. The molecule has 2 aliphatic rings. The molecule has 2 aromatic rings. The lowest BCUT2D eigenvalue weighted by Gasteiger charge is -2.44. The van der Waals surface area contributed by atoms with Crippen LogP contribution in [0.15, 0.2) is 36.4 Å². The van der Waals surface area contributed by atoms with Crippen molar-refractivity contribution >= 4 is 11.9 Å². The number of rotatable bonds is 1. The van der Waals surface area contributed by atoms with Crippen LogP contribution in [0.2, 0.25) is 0 Å². The number of amides is 1. The van der Waals surface area contributed by atoms with Gasteiger partial charge in [-0.25, -0.2) is 4.79 Å². The molecule has 2 aliphatic heterocycles. The topological polar surface area (TPSA) is 71.8 Å². The molecule has 24 heavy (non-hydrogen) atoms. The minimum Gasteiger partial charge on any atom is -0.479 e. The molecule has 1 amide bonds. The Morgan fingerprint density at radius 1 is 1.12 bits per heavy atom. The predicted octanol–water partition coefficient (Wildman–Crippen LogP) is 3.04. The average Bonchev–Trinajstić information content (AvgIpc) is 3.02. The van der Waals surface area contributed by atoms with Gasteiger partial charge in [-0.2, -0.15) is 0 Å². The van der Waals surface area contributed by atoms with Crippen LogP contribution in [-0.4, -0.2) is 39.5 Å². The van der Waals surface area contributed by atoms with Gasteiger partial charge < -0.3 is 19.3 Å². The molecule has 6 heteroatoms. The number of piperidine rings is 1. The van der Waals surface area contributed by atoms with Crippen molar-refractivity contribution in [2.24, 2.45) is 0 Å². The summed E-state index contributed by atoms with van der Waals surface area (Å²) in [5.74, 6) is 0.726. The third-order valence-corrected chi connectivity index (χ3v) is 4.96. The minimum atomic E-state index is -0.902. The van der Waals surface area contributed by atoms with Gasteiger partial charge >= 0.3 is 6.09 Å². The van der Waals surface area contributed by atoms with Crippen LogP contribution >= 0.6 is 0 Å². The minimum absolute atomic E-state index is 0.00363. The second kappa shape index (κ2) is 5.12. The van der Waals surface area contributed by atoms with Crippen LogP contribution < -0.4 is 4.74 Å². The van der Waals surface area contributed by atoms with Gasteiger partial charge in [0.25, 0.3) is 0 Å². The van der Waals surface area contributed by atoms with E-state index in [9.17, 15) is 14.7 Å². The average molecular weight is 326 g/mol. The maximum Gasteiger partial charge on any atom is 0.407 e. The number of para-hydroxylation sites is 2. The zero-order valence-corrected chi connectivity index (χ0v) is 13.4. The maximum atomic E-state index is 12.1. The van der Waals surface area contributed by atoms with Gasteiger partial charge in [-0.05, 0) is 24.3 Å². The van der Waals surface area contributed by atoms with E-state index in [1.807, 2.05) is 41.0 Å². The second-order valence-electron chi connectivity index (χ2n) is 6.33. The Labute approximate surface area is 139 Å². The van der Waals surface area contributed by atoms with Gasteiger partial charge in [0, 0.05) is 32.9 Å². The number of carboxylic acid groups (broad SMARTS) is 1. The van der Waals surface area contributed by atoms with E-state index in [4.69, 9.17) is 4.74 Å². The van der Waals surface area contributed by atoms with E-state index in [1.54, 1.807) is 6.92 Å². The van der Waals surface area contributed by atoms with Crippen LogP contribution in [0.5, 0.6) is 5.75 Å². The zero-order valence-electron chi connectivity index (χ0n) is 13.4. The first-order valence-electron chi connectivity index (χ1n) is 8.01. The summed E-state index contributed by atoms with van der Waals surface area (Å²) in [6.07, 6.45) is 0.227. The van der Waals surface area contributed by atoms with E-state index in [2.05, 4.69) is 0 Å². The third-order valence-electron chi connectivity index (χ3n) is 4.96. The van der Waals surface area contributed by atoms with Gasteiger partial charge in [-0.15, -0.1) is 0 Å². The molecular formula is C18H18N2O4. The summed E-state index contributed by atoms with van der Waals surface area (Å²) in [5, 5.41) is 9.19. The van der Waals surface area contributed by atoms with E-state index >= 15 is 0 Å². The molecule has 3 heterocycles. The van der Waals surface area contributed by atoms with Crippen molar-refractivity contribution in [3.8, 4) is 11.4 Å². The summed E-state index contributed by atoms with van der Waals surface area (Å²) >= 11 is 0. The first-order valence-corrected chi connectivity index (χ1v) is 8.01. The lowest BCUT2D eigenvalue weighted by molar-refractivity contribution is -0.00903. The summed E-state index contributed by atoms with van der Waals surface area (Å²) in [6.45, 7) is 2.39. The van der Waals surface area contributed by atoms with E-state index < -0.39 is 11.7 Å². The van der Waals surface area contributed by atoms with E-state index in [1.165, 1.54) is 4.90 Å². The van der Waals surface area contributed by atoms with E-state index in [0.717, 1.165) is 17.1 Å². The summed E-state index contributed by atoms with van der Waals surface area (Å²) in [6, 6.07) is 11.4. The normalized spacial score (nSPS) is 17.8. The third kappa shape index (κ3) is 2.02. The Bertz CT molecular complexity index is 831. The number of hydrogen-bond donors (Lipinski definition) is 1. The van der Waals surface area contributed by atoms with Gasteiger partial charge in [0.1, 0.15) is 5.75 Å². The van der Waals surface area contributed by atoms with Gasteiger partial charge in [-0.3, -0.25) is 4.79 Å². The van der Waals surface area contributed by atoms with E-state index in [0.29, 0.717) is 31.6 Å². The van der Waals surface area contributed by atoms with Crippen LogP contribution in [0.3, 0.4) is 0 Å². The van der Waals surface area contributed by atoms with Crippen molar-refractivity contribution < 1.29 is 19.4 Å². The molecule has 1 N–H and O–H groups in total. The Morgan fingerprint density at radius 2 is 1.83 bits per heavy atom. The van der Waals surface area contributed by atoms with Gasteiger partial charge in [0.15, 0.2) is 11.4 Å². The fraction of sp³-hybridized carbons (Fsp3) is 0.333. The van der Waals surface area contributed by atoms with Crippen molar-refractivity contribution in [3.63, 3.8) is 0 Å². The molecule has 0 unspecified atom stereocenters. The highest BCUT2D eigenvalue weighted by atomic mass is 16.5. The molecule has 1 fully saturated rings. The van der Waals surface area contributed by atoms with Crippen molar-refractivity contribution in [2.75, 3.05) is 13.1 Å². The van der Waals surface area contributed by atoms with E-state index in [-0.39, 0.29) is 5.78 Å². The fourth-order valence-corrected chi connectivity index (χ4v) is 3.74. The van der Waals surface area contributed by atoms with Crippen molar-refractivity contribution in [1.29, 1.82) is 0 Å². The molecule has 1 aromatic carbocycles. The monoisotopic (exact) mass is 326 g/mol. The van der Waals surface area contributed by atoms with Crippen LogP contribution in [0.4, 0.5) is 4.79 Å². The smallest absolute Gasteiger partial charge is 0.407 e. The number of likely N-dealkylation sites (tertiary alicyclic amines) is 1. The number of ketones is 1. The van der Waals surface area contributed by atoms with Gasteiger partial charge in [0.05, 0.1) is 17.1 Å². The van der Waals surface area contributed by atoms with Crippen LogP contribution in [0, 0.1) is 0 Å². The zero-order chi connectivity index (χ0) is 16.9. The molecule has 1 saturated heterocycles.